The highest BCUT2D eigenvalue weighted by Crippen LogP contribution is 2.32. The van der Waals surface area contributed by atoms with Crippen molar-refractivity contribution in [1.29, 1.82) is 0 Å². The Bertz CT molecular complexity index is 1440. The van der Waals surface area contributed by atoms with Crippen LogP contribution < -0.4 is 0 Å². The number of aryl methyl sites for hydroxylation is 1. The van der Waals surface area contributed by atoms with Gasteiger partial charge in [-0.05, 0) is 30.7 Å². The maximum absolute atomic E-state index is 13.0. The molecule has 0 saturated carbocycles. The number of rotatable bonds is 7. The molecular formula is C24H18F3N5O2S. The quantitative estimate of drug-likeness (QED) is 0.246. The van der Waals surface area contributed by atoms with E-state index in [1.165, 1.54) is 23.9 Å². The van der Waals surface area contributed by atoms with Gasteiger partial charge in [0.25, 0.3) is 0 Å². The number of halogens is 3. The summed E-state index contributed by atoms with van der Waals surface area (Å²) in [4.78, 5) is 4.26. The van der Waals surface area contributed by atoms with E-state index in [-0.39, 0.29) is 23.0 Å². The Hall–Kier alpha value is -3.86. The Morgan fingerprint density at radius 2 is 1.83 bits per heavy atom. The second kappa shape index (κ2) is 9.41. The van der Waals surface area contributed by atoms with E-state index in [0.717, 1.165) is 29.0 Å². The molecule has 0 bridgehead atoms. The summed E-state index contributed by atoms with van der Waals surface area (Å²) in [6.07, 6.45) is -2.85. The van der Waals surface area contributed by atoms with E-state index in [2.05, 4.69) is 20.3 Å². The minimum absolute atomic E-state index is 0.0900. The van der Waals surface area contributed by atoms with Crippen molar-refractivity contribution in [3.8, 4) is 22.8 Å². The van der Waals surface area contributed by atoms with Gasteiger partial charge >= 0.3 is 6.18 Å². The Balaban J connectivity index is 1.38. The van der Waals surface area contributed by atoms with Gasteiger partial charge in [-0.15, -0.1) is 10.2 Å². The van der Waals surface area contributed by atoms with Crippen LogP contribution in [0.4, 0.5) is 13.2 Å². The third kappa shape index (κ3) is 4.99. The first kappa shape index (κ1) is 22.9. The van der Waals surface area contributed by atoms with Gasteiger partial charge in [-0.3, -0.25) is 4.57 Å². The molecule has 0 aliphatic carbocycles. The van der Waals surface area contributed by atoms with Crippen LogP contribution in [0.25, 0.3) is 22.8 Å². The summed E-state index contributed by atoms with van der Waals surface area (Å²) in [5, 5.41) is 13.2. The van der Waals surface area contributed by atoms with Crippen LogP contribution in [0.15, 0.2) is 81.0 Å². The highest BCUT2D eigenvalue weighted by atomic mass is 32.2. The molecule has 3 aromatic heterocycles. The van der Waals surface area contributed by atoms with Crippen LogP contribution in [-0.4, -0.2) is 24.9 Å². The van der Waals surface area contributed by atoms with E-state index in [9.17, 15) is 13.2 Å². The fourth-order valence-electron chi connectivity index (χ4n) is 3.51. The maximum Gasteiger partial charge on any atom is 0.416 e. The molecule has 2 aromatic carbocycles. The average molecular weight is 498 g/mol. The topological polar surface area (TPSA) is 82.8 Å². The highest BCUT2D eigenvalue weighted by Gasteiger charge is 2.30. The Labute approximate surface area is 202 Å². The third-order valence-corrected chi connectivity index (χ3v) is 6.19. The Morgan fingerprint density at radius 3 is 2.57 bits per heavy atom. The van der Waals surface area contributed by atoms with Gasteiger partial charge in [0.15, 0.2) is 11.0 Å². The van der Waals surface area contributed by atoms with E-state index in [0.29, 0.717) is 17.5 Å². The van der Waals surface area contributed by atoms with Crippen molar-refractivity contribution in [3.63, 3.8) is 0 Å². The van der Waals surface area contributed by atoms with Crippen molar-refractivity contribution in [3.05, 3.63) is 89.7 Å². The van der Waals surface area contributed by atoms with Crippen LogP contribution in [-0.2, 0) is 18.5 Å². The van der Waals surface area contributed by atoms with E-state index >= 15 is 0 Å². The standard InChI is InChI=1S/C24H18F3N5O2S/c1-15-19(10-11-33-15)22-29-30-23(32(22)13-16-6-3-2-4-7-16)35-14-20-28-21(31-34-20)17-8-5-9-18(12-17)24(25,26)27/h2-12H,13-14H2,1H3. The number of thioether (sulfide) groups is 1. The number of nitrogens with zero attached hydrogens (tertiary/aromatic N) is 5. The van der Waals surface area contributed by atoms with E-state index in [1.54, 1.807) is 6.26 Å². The molecule has 0 amide bonds. The summed E-state index contributed by atoms with van der Waals surface area (Å²) < 4.78 is 51.8. The van der Waals surface area contributed by atoms with Gasteiger partial charge in [-0.1, -0.05) is 59.4 Å². The summed E-state index contributed by atoms with van der Waals surface area (Å²) >= 11 is 1.34. The minimum Gasteiger partial charge on any atom is -0.469 e. The van der Waals surface area contributed by atoms with Gasteiger partial charge in [0.2, 0.25) is 11.7 Å². The van der Waals surface area contributed by atoms with Crippen molar-refractivity contribution in [2.45, 2.75) is 30.6 Å². The normalized spacial score (nSPS) is 11.8. The molecule has 0 unspecified atom stereocenters. The first-order valence-electron chi connectivity index (χ1n) is 10.5. The minimum atomic E-state index is -4.45. The predicted octanol–water partition coefficient (Wildman–Crippen LogP) is 6.26. The second-order valence-corrected chi connectivity index (χ2v) is 8.59. The van der Waals surface area contributed by atoms with Crippen molar-refractivity contribution in [2.24, 2.45) is 0 Å². The van der Waals surface area contributed by atoms with Crippen molar-refractivity contribution in [2.75, 3.05) is 0 Å². The van der Waals surface area contributed by atoms with Gasteiger partial charge in [-0.25, -0.2) is 0 Å². The number of furan rings is 1. The Morgan fingerprint density at radius 1 is 1.00 bits per heavy atom. The summed E-state index contributed by atoms with van der Waals surface area (Å²) in [5.74, 6) is 2.01. The van der Waals surface area contributed by atoms with Gasteiger partial charge in [0, 0.05) is 5.56 Å². The molecule has 5 rings (SSSR count). The molecule has 5 aromatic rings. The van der Waals surface area contributed by atoms with Crippen molar-refractivity contribution < 1.29 is 22.1 Å². The van der Waals surface area contributed by atoms with Gasteiger partial charge in [-0.2, -0.15) is 18.2 Å². The van der Waals surface area contributed by atoms with Crippen LogP contribution in [0.3, 0.4) is 0 Å². The molecule has 7 nitrogen and oxygen atoms in total. The largest absolute Gasteiger partial charge is 0.469 e. The maximum atomic E-state index is 13.0. The molecule has 0 aliphatic rings. The number of hydrogen-bond donors (Lipinski definition) is 0. The molecule has 0 spiro atoms. The van der Waals surface area contributed by atoms with E-state index < -0.39 is 11.7 Å². The molecule has 3 heterocycles. The van der Waals surface area contributed by atoms with Crippen molar-refractivity contribution in [1.82, 2.24) is 24.9 Å². The molecule has 0 saturated heterocycles. The third-order valence-electron chi connectivity index (χ3n) is 5.24. The molecule has 35 heavy (non-hydrogen) atoms. The zero-order valence-electron chi connectivity index (χ0n) is 18.4. The molecule has 11 heteroatoms. The molecular weight excluding hydrogens is 479 g/mol. The smallest absolute Gasteiger partial charge is 0.416 e. The number of hydrogen-bond acceptors (Lipinski definition) is 7. The van der Waals surface area contributed by atoms with Crippen LogP contribution in [0.5, 0.6) is 0 Å². The zero-order chi connectivity index (χ0) is 24.4. The summed E-state index contributed by atoms with van der Waals surface area (Å²) in [5.41, 5.74) is 1.36. The van der Waals surface area contributed by atoms with Crippen LogP contribution in [0.1, 0.15) is 22.8 Å². The average Bonchev–Trinajstić information content (AvgIpc) is 3.58. The lowest BCUT2D eigenvalue weighted by Gasteiger charge is -2.09. The second-order valence-electron chi connectivity index (χ2n) is 7.65. The highest BCUT2D eigenvalue weighted by molar-refractivity contribution is 7.98. The molecule has 0 aliphatic heterocycles. The fraction of sp³-hybridized carbons (Fsp3) is 0.167. The van der Waals surface area contributed by atoms with Gasteiger partial charge < -0.3 is 8.94 Å². The van der Waals surface area contributed by atoms with Crippen LogP contribution >= 0.6 is 11.8 Å². The molecule has 0 radical (unpaired) electrons. The lowest BCUT2D eigenvalue weighted by molar-refractivity contribution is -0.137. The van der Waals surface area contributed by atoms with E-state index in [1.807, 2.05) is 47.9 Å². The lowest BCUT2D eigenvalue weighted by Crippen LogP contribution is -2.04. The summed E-state index contributed by atoms with van der Waals surface area (Å²) in [6.45, 7) is 2.40. The summed E-state index contributed by atoms with van der Waals surface area (Å²) in [7, 11) is 0. The SMILES string of the molecule is Cc1occc1-c1nnc(SCc2nc(-c3cccc(C(F)(F)F)c3)no2)n1Cc1ccccc1. The van der Waals surface area contributed by atoms with Crippen LogP contribution in [0, 0.1) is 6.92 Å². The number of aromatic nitrogens is 5. The fourth-order valence-corrected chi connectivity index (χ4v) is 4.29. The van der Waals surface area contributed by atoms with Gasteiger partial charge in [0.05, 0.1) is 29.7 Å². The Kier molecular flexibility index (Phi) is 6.16. The van der Waals surface area contributed by atoms with Crippen LogP contribution in [0.2, 0.25) is 0 Å². The molecule has 0 N–H and O–H groups in total. The number of benzene rings is 2. The van der Waals surface area contributed by atoms with Gasteiger partial charge in [0.1, 0.15) is 5.76 Å². The first-order chi connectivity index (χ1) is 16.9. The first-order valence-corrected chi connectivity index (χ1v) is 11.5. The zero-order valence-corrected chi connectivity index (χ0v) is 19.2. The monoisotopic (exact) mass is 497 g/mol. The lowest BCUT2D eigenvalue weighted by atomic mass is 10.1. The predicted molar refractivity (Wildman–Crippen MR) is 122 cm³/mol. The number of alkyl halides is 3. The molecule has 178 valence electrons. The summed E-state index contributed by atoms with van der Waals surface area (Å²) in [6, 6.07) is 16.6. The van der Waals surface area contributed by atoms with E-state index in [4.69, 9.17) is 8.94 Å². The van der Waals surface area contributed by atoms with Crippen molar-refractivity contribution >= 4 is 11.8 Å². The molecule has 0 atom stereocenters. The molecule has 0 fully saturated rings.